The van der Waals surface area contributed by atoms with Crippen LogP contribution in [0.15, 0.2) is 36.4 Å². The van der Waals surface area contributed by atoms with Crippen molar-refractivity contribution in [2.24, 2.45) is 0 Å². The van der Waals surface area contributed by atoms with Crippen molar-refractivity contribution in [3.63, 3.8) is 0 Å². The number of halogens is 3. The molecule has 2 rings (SSSR count). The van der Waals surface area contributed by atoms with Crippen LogP contribution in [0.5, 0.6) is 0 Å². The zero-order valence-corrected chi connectivity index (χ0v) is 10.3. The number of nitrogens with one attached hydrogen (secondary N) is 1. The van der Waals surface area contributed by atoms with E-state index in [9.17, 15) is 13.6 Å². The van der Waals surface area contributed by atoms with Gasteiger partial charge in [0.2, 0.25) is 0 Å². The first-order chi connectivity index (χ1) is 8.97. The van der Waals surface area contributed by atoms with Crippen molar-refractivity contribution in [1.82, 2.24) is 0 Å². The van der Waals surface area contributed by atoms with E-state index < -0.39 is 17.5 Å². The lowest BCUT2D eigenvalue weighted by atomic mass is 10.2. The van der Waals surface area contributed by atoms with Gasteiger partial charge in [0.05, 0.1) is 16.3 Å². The van der Waals surface area contributed by atoms with E-state index in [1.54, 1.807) is 6.07 Å². The molecule has 3 nitrogen and oxygen atoms in total. The largest absolute Gasteiger partial charge is 0.399 e. The van der Waals surface area contributed by atoms with Crippen LogP contribution >= 0.6 is 11.6 Å². The van der Waals surface area contributed by atoms with Crippen LogP contribution in [0.2, 0.25) is 5.02 Å². The van der Waals surface area contributed by atoms with Crippen LogP contribution < -0.4 is 11.1 Å². The van der Waals surface area contributed by atoms with Crippen LogP contribution in [0.25, 0.3) is 0 Å². The van der Waals surface area contributed by atoms with Crippen molar-refractivity contribution >= 4 is 28.9 Å². The summed E-state index contributed by atoms with van der Waals surface area (Å²) in [7, 11) is 0. The summed E-state index contributed by atoms with van der Waals surface area (Å²) in [6, 6.07) is 7.20. The molecule has 0 aliphatic heterocycles. The molecule has 0 aromatic heterocycles. The van der Waals surface area contributed by atoms with E-state index in [2.05, 4.69) is 5.32 Å². The van der Waals surface area contributed by atoms with E-state index in [1.807, 2.05) is 0 Å². The van der Waals surface area contributed by atoms with Gasteiger partial charge in [-0.05, 0) is 30.3 Å². The number of amides is 1. The predicted octanol–water partition coefficient (Wildman–Crippen LogP) is 3.45. The van der Waals surface area contributed by atoms with Crippen LogP contribution in [0.3, 0.4) is 0 Å². The molecule has 1 amide bonds. The Balaban J connectivity index is 2.25. The fourth-order valence-corrected chi connectivity index (χ4v) is 1.73. The fourth-order valence-electron chi connectivity index (χ4n) is 1.50. The first kappa shape index (κ1) is 13.3. The number of nitrogens with two attached hydrogens (primary N) is 1. The number of carbonyl (C=O) groups is 1. The summed E-state index contributed by atoms with van der Waals surface area (Å²) >= 11 is 5.88. The standard InChI is InChI=1S/C13H9ClF2N2O/c14-10-6-8(17)2-4-12(10)18-13(19)9-3-1-7(15)5-11(9)16/h1-6H,17H2,(H,18,19). The zero-order valence-electron chi connectivity index (χ0n) is 9.58. The molecule has 2 aromatic carbocycles. The van der Waals surface area contributed by atoms with Crippen molar-refractivity contribution in [2.75, 3.05) is 11.1 Å². The Labute approximate surface area is 113 Å². The molecule has 0 fully saturated rings. The summed E-state index contributed by atoms with van der Waals surface area (Å²) in [4.78, 5) is 11.8. The minimum absolute atomic E-state index is 0.232. The molecule has 0 bridgehead atoms. The summed E-state index contributed by atoms with van der Waals surface area (Å²) in [5.74, 6) is -2.41. The van der Waals surface area contributed by atoms with Crippen molar-refractivity contribution in [3.8, 4) is 0 Å². The van der Waals surface area contributed by atoms with E-state index >= 15 is 0 Å². The van der Waals surface area contributed by atoms with Crippen LogP contribution in [-0.2, 0) is 0 Å². The van der Waals surface area contributed by atoms with Gasteiger partial charge in [-0.15, -0.1) is 0 Å². The molecule has 2 aromatic rings. The monoisotopic (exact) mass is 282 g/mol. The van der Waals surface area contributed by atoms with E-state index in [0.29, 0.717) is 17.4 Å². The maximum Gasteiger partial charge on any atom is 0.258 e. The van der Waals surface area contributed by atoms with E-state index in [4.69, 9.17) is 17.3 Å². The second-order valence-corrected chi connectivity index (χ2v) is 4.22. The number of hydrogen-bond acceptors (Lipinski definition) is 2. The Morgan fingerprint density at radius 1 is 1.16 bits per heavy atom. The smallest absolute Gasteiger partial charge is 0.258 e. The molecule has 0 aliphatic rings. The van der Waals surface area contributed by atoms with Crippen LogP contribution in [-0.4, -0.2) is 5.91 Å². The molecule has 98 valence electrons. The fraction of sp³-hybridized carbons (Fsp3) is 0. The van der Waals surface area contributed by atoms with Gasteiger partial charge in [0.1, 0.15) is 11.6 Å². The molecule has 0 saturated carbocycles. The molecule has 0 spiro atoms. The lowest BCUT2D eigenvalue weighted by molar-refractivity contribution is 0.102. The number of carbonyl (C=O) groups excluding carboxylic acids is 1. The summed E-state index contributed by atoms with van der Waals surface area (Å²) in [6.07, 6.45) is 0. The van der Waals surface area contributed by atoms with Crippen molar-refractivity contribution in [3.05, 3.63) is 58.6 Å². The topological polar surface area (TPSA) is 55.1 Å². The molecule has 3 N–H and O–H groups in total. The Morgan fingerprint density at radius 3 is 2.53 bits per heavy atom. The molecule has 0 atom stereocenters. The van der Waals surface area contributed by atoms with Crippen molar-refractivity contribution in [2.45, 2.75) is 0 Å². The van der Waals surface area contributed by atoms with Crippen molar-refractivity contribution in [1.29, 1.82) is 0 Å². The molecule has 6 heteroatoms. The van der Waals surface area contributed by atoms with Gasteiger partial charge in [0.25, 0.3) is 5.91 Å². The molecule has 0 heterocycles. The van der Waals surface area contributed by atoms with Gasteiger partial charge >= 0.3 is 0 Å². The minimum atomic E-state index is -0.941. The second-order valence-electron chi connectivity index (χ2n) is 3.82. The minimum Gasteiger partial charge on any atom is -0.399 e. The molecule has 0 unspecified atom stereocenters. The third kappa shape index (κ3) is 3.00. The first-order valence-corrected chi connectivity index (χ1v) is 5.66. The number of hydrogen-bond donors (Lipinski definition) is 2. The van der Waals surface area contributed by atoms with Gasteiger partial charge in [0.15, 0.2) is 0 Å². The van der Waals surface area contributed by atoms with Crippen LogP contribution in [0, 0.1) is 11.6 Å². The summed E-state index contributed by atoms with van der Waals surface area (Å²) in [6.45, 7) is 0. The molecular formula is C13H9ClF2N2O. The lowest BCUT2D eigenvalue weighted by Gasteiger charge is -2.08. The Hall–Kier alpha value is -2.14. The average Bonchev–Trinajstić information content (AvgIpc) is 2.32. The highest BCUT2D eigenvalue weighted by Crippen LogP contribution is 2.24. The summed E-state index contributed by atoms with van der Waals surface area (Å²) in [5, 5.41) is 2.66. The number of rotatable bonds is 2. The van der Waals surface area contributed by atoms with Gasteiger partial charge < -0.3 is 11.1 Å². The highest BCUT2D eigenvalue weighted by molar-refractivity contribution is 6.34. The molecule has 0 saturated heterocycles. The Morgan fingerprint density at radius 2 is 1.89 bits per heavy atom. The summed E-state index contributed by atoms with van der Waals surface area (Å²) in [5.41, 5.74) is 5.98. The van der Waals surface area contributed by atoms with Gasteiger partial charge in [-0.3, -0.25) is 4.79 Å². The average molecular weight is 283 g/mol. The van der Waals surface area contributed by atoms with E-state index in [-0.39, 0.29) is 10.6 Å². The Kier molecular flexibility index (Phi) is 3.66. The van der Waals surface area contributed by atoms with E-state index in [0.717, 1.165) is 12.1 Å². The normalized spacial score (nSPS) is 10.3. The molecular weight excluding hydrogens is 274 g/mol. The highest BCUT2D eigenvalue weighted by Gasteiger charge is 2.13. The summed E-state index contributed by atoms with van der Waals surface area (Å²) < 4.78 is 26.2. The van der Waals surface area contributed by atoms with Crippen LogP contribution in [0.1, 0.15) is 10.4 Å². The quantitative estimate of drug-likeness (QED) is 0.829. The lowest BCUT2D eigenvalue weighted by Crippen LogP contribution is -2.14. The van der Waals surface area contributed by atoms with E-state index in [1.165, 1.54) is 12.1 Å². The van der Waals surface area contributed by atoms with Crippen molar-refractivity contribution < 1.29 is 13.6 Å². The first-order valence-electron chi connectivity index (χ1n) is 5.29. The zero-order chi connectivity index (χ0) is 14.0. The van der Waals surface area contributed by atoms with Gasteiger partial charge in [-0.1, -0.05) is 11.6 Å². The molecule has 0 aliphatic carbocycles. The Bertz CT molecular complexity index is 647. The SMILES string of the molecule is Nc1ccc(NC(=O)c2ccc(F)cc2F)c(Cl)c1. The number of anilines is 2. The van der Waals surface area contributed by atoms with Crippen LogP contribution in [0.4, 0.5) is 20.2 Å². The predicted molar refractivity (Wildman–Crippen MR) is 70.2 cm³/mol. The van der Waals surface area contributed by atoms with Gasteiger partial charge in [-0.25, -0.2) is 8.78 Å². The van der Waals surface area contributed by atoms with Gasteiger partial charge in [0, 0.05) is 11.8 Å². The highest BCUT2D eigenvalue weighted by atomic mass is 35.5. The maximum atomic E-state index is 13.4. The molecule has 19 heavy (non-hydrogen) atoms. The maximum absolute atomic E-state index is 13.4. The third-order valence-electron chi connectivity index (χ3n) is 2.42. The molecule has 0 radical (unpaired) electrons. The number of nitrogen functional groups attached to an aromatic ring is 1. The third-order valence-corrected chi connectivity index (χ3v) is 2.73. The number of benzene rings is 2. The van der Waals surface area contributed by atoms with Gasteiger partial charge in [-0.2, -0.15) is 0 Å². The second kappa shape index (κ2) is 5.24.